The molecule has 0 radical (unpaired) electrons. The first-order chi connectivity index (χ1) is 7.86. The number of ether oxygens (including phenoxy) is 1. The Hall–Kier alpha value is -1.53. The zero-order valence-corrected chi connectivity index (χ0v) is 10.8. The summed E-state index contributed by atoms with van der Waals surface area (Å²) >= 11 is 5.88. The van der Waals surface area contributed by atoms with Crippen LogP contribution in [0.25, 0.3) is 0 Å². The summed E-state index contributed by atoms with van der Waals surface area (Å²) in [5.41, 5.74) is -0.148. The highest BCUT2D eigenvalue weighted by molar-refractivity contribution is 6.33. The summed E-state index contributed by atoms with van der Waals surface area (Å²) in [6, 6.07) is 8.58. The van der Waals surface area contributed by atoms with E-state index in [1.807, 2.05) is 26.8 Å². The fourth-order valence-electron chi connectivity index (χ4n) is 1.19. The van der Waals surface area contributed by atoms with Gasteiger partial charge in [-0.2, -0.15) is 5.26 Å². The fourth-order valence-corrected chi connectivity index (χ4v) is 1.41. The molecule has 17 heavy (non-hydrogen) atoms. The van der Waals surface area contributed by atoms with E-state index >= 15 is 0 Å². The third-order valence-corrected chi connectivity index (χ3v) is 2.55. The molecule has 0 saturated heterocycles. The molecule has 0 bridgehead atoms. The number of halogens is 1. The first-order valence-electron chi connectivity index (χ1n) is 5.21. The maximum Gasteiger partial charge on any atom is 0.340 e. The molecule has 90 valence electrons. The molecule has 0 spiro atoms. The molecule has 1 aromatic carbocycles. The minimum absolute atomic E-state index is 0.277. The van der Waals surface area contributed by atoms with Gasteiger partial charge in [0.25, 0.3) is 0 Å². The topological polar surface area (TPSA) is 50.1 Å². The zero-order chi connectivity index (χ0) is 13.1. The molecular formula is C13H14ClNO2. The van der Waals surface area contributed by atoms with Crippen molar-refractivity contribution in [3.8, 4) is 6.07 Å². The largest absolute Gasteiger partial charge is 0.443 e. The van der Waals surface area contributed by atoms with E-state index in [1.165, 1.54) is 0 Å². The Balaban J connectivity index is 2.87. The van der Waals surface area contributed by atoms with E-state index in [4.69, 9.17) is 21.6 Å². The summed E-state index contributed by atoms with van der Waals surface area (Å²) in [6.45, 7) is 5.50. The molecule has 0 aliphatic heterocycles. The molecule has 3 nitrogen and oxygen atoms in total. The molecule has 0 amide bonds. The second-order valence-corrected chi connectivity index (χ2v) is 5.17. The van der Waals surface area contributed by atoms with Crippen LogP contribution in [-0.2, 0) is 4.74 Å². The molecule has 4 heteroatoms. The number of esters is 1. The van der Waals surface area contributed by atoms with Crippen molar-refractivity contribution < 1.29 is 9.53 Å². The van der Waals surface area contributed by atoms with Gasteiger partial charge in [-0.3, -0.25) is 0 Å². The van der Waals surface area contributed by atoms with Crippen LogP contribution in [-0.4, -0.2) is 12.1 Å². The summed E-state index contributed by atoms with van der Waals surface area (Å²) in [4.78, 5) is 11.8. The Bertz CT molecular complexity index is 457. The lowest BCUT2D eigenvalue weighted by Gasteiger charge is -2.24. The fraction of sp³-hybridized carbons (Fsp3) is 0.385. The van der Waals surface area contributed by atoms with Gasteiger partial charge >= 0.3 is 5.97 Å². The molecule has 0 unspecified atom stereocenters. The van der Waals surface area contributed by atoms with Gasteiger partial charge in [-0.15, -0.1) is 0 Å². The van der Waals surface area contributed by atoms with Crippen molar-refractivity contribution in [1.82, 2.24) is 0 Å². The minimum Gasteiger partial charge on any atom is -0.443 e. The van der Waals surface area contributed by atoms with Crippen LogP contribution in [0.2, 0.25) is 5.02 Å². The van der Waals surface area contributed by atoms with Crippen molar-refractivity contribution in [3.63, 3.8) is 0 Å². The molecule has 0 saturated carbocycles. The predicted octanol–water partition coefficient (Wildman–Crippen LogP) is 3.44. The number of benzene rings is 1. The lowest BCUT2D eigenvalue weighted by Crippen LogP contribution is -2.30. The van der Waals surface area contributed by atoms with E-state index in [0.717, 1.165) is 0 Å². The SMILES string of the molecule is CC(C)(C)[C@H](C#N)OC(=O)c1ccccc1Cl. The van der Waals surface area contributed by atoms with E-state index in [9.17, 15) is 4.79 Å². The maximum absolute atomic E-state index is 11.8. The van der Waals surface area contributed by atoms with Gasteiger partial charge < -0.3 is 4.74 Å². The standard InChI is InChI=1S/C13H14ClNO2/c1-13(2,3)11(8-15)17-12(16)9-6-4-5-7-10(9)14/h4-7,11H,1-3H3/t11-/m0/s1. The second kappa shape index (κ2) is 5.20. The molecular weight excluding hydrogens is 238 g/mol. The van der Waals surface area contributed by atoms with E-state index in [1.54, 1.807) is 24.3 Å². The van der Waals surface area contributed by atoms with Gasteiger partial charge in [-0.1, -0.05) is 44.5 Å². The Kier molecular flexibility index (Phi) is 4.14. The Morgan fingerprint density at radius 3 is 2.47 bits per heavy atom. The van der Waals surface area contributed by atoms with E-state index in [2.05, 4.69) is 0 Å². The summed E-state index contributed by atoms with van der Waals surface area (Å²) in [7, 11) is 0. The van der Waals surface area contributed by atoms with E-state index in [-0.39, 0.29) is 5.56 Å². The number of carbonyl (C=O) groups excluding carboxylic acids is 1. The normalized spacial score (nSPS) is 12.6. The Morgan fingerprint density at radius 2 is 2.00 bits per heavy atom. The van der Waals surface area contributed by atoms with Gasteiger partial charge in [0.15, 0.2) is 6.10 Å². The van der Waals surface area contributed by atoms with Crippen LogP contribution in [0, 0.1) is 16.7 Å². The average Bonchev–Trinajstić information content (AvgIpc) is 2.24. The smallest absolute Gasteiger partial charge is 0.340 e. The summed E-state index contributed by atoms with van der Waals surface area (Å²) in [6.07, 6.45) is -0.800. The number of nitriles is 1. The van der Waals surface area contributed by atoms with E-state index < -0.39 is 17.5 Å². The lowest BCUT2D eigenvalue weighted by atomic mass is 9.90. The van der Waals surface area contributed by atoms with Crippen LogP contribution in [0.3, 0.4) is 0 Å². The second-order valence-electron chi connectivity index (χ2n) is 4.76. The van der Waals surface area contributed by atoms with Crippen molar-refractivity contribution in [2.75, 3.05) is 0 Å². The number of nitrogens with zero attached hydrogens (tertiary/aromatic N) is 1. The molecule has 0 aliphatic rings. The molecule has 0 N–H and O–H groups in total. The van der Waals surface area contributed by atoms with Crippen molar-refractivity contribution in [3.05, 3.63) is 34.9 Å². The van der Waals surface area contributed by atoms with Crippen molar-refractivity contribution >= 4 is 17.6 Å². The number of hydrogen-bond acceptors (Lipinski definition) is 3. The van der Waals surface area contributed by atoms with Crippen LogP contribution in [0.15, 0.2) is 24.3 Å². The maximum atomic E-state index is 11.8. The highest BCUT2D eigenvalue weighted by Gasteiger charge is 2.29. The Morgan fingerprint density at radius 1 is 1.41 bits per heavy atom. The highest BCUT2D eigenvalue weighted by atomic mass is 35.5. The van der Waals surface area contributed by atoms with Crippen LogP contribution >= 0.6 is 11.6 Å². The molecule has 1 atom stereocenters. The number of rotatable bonds is 2. The quantitative estimate of drug-likeness (QED) is 0.757. The van der Waals surface area contributed by atoms with Crippen LogP contribution in [0.1, 0.15) is 31.1 Å². The number of carbonyl (C=O) groups is 1. The molecule has 0 fully saturated rings. The average molecular weight is 252 g/mol. The first kappa shape index (κ1) is 13.5. The number of hydrogen-bond donors (Lipinski definition) is 0. The molecule has 0 heterocycles. The molecule has 0 aromatic heterocycles. The predicted molar refractivity (Wildman–Crippen MR) is 65.7 cm³/mol. The zero-order valence-electron chi connectivity index (χ0n) is 10.0. The van der Waals surface area contributed by atoms with Gasteiger partial charge in [-0.25, -0.2) is 4.79 Å². The minimum atomic E-state index is -0.800. The summed E-state index contributed by atoms with van der Waals surface area (Å²) < 4.78 is 5.15. The van der Waals surface area contributed by atoms with Gasteiger partial charge in [0.2, 0.25) is 0 Å². The van der Waals surface area contributed by atoms with Crippen LogP contribution in [0.5, 0.6) is 0 Å². The summed E-state index contributed by atoms with van der Waals surface area (Å²) in [5, 5.41) is 9.29. The van der Waals surface area contributed by atoms with Gasteiger partial charge in [0, 0.05) is 5.41 Å². The highest BCUT2D eigenvalue weighted by Crippen LogP contribution is 2.24. The van der Waals surface area contributed by atoms with E-state index in [0.29, 0.717) is 5.02 Å². The van der Waals surface area contributed by atoms with Gasteiger partial charge in [0.1, 0.15) is 6.07 Å². The van der Waals surface area contributed by atoms with Crippen molar-refractivity contribution in [1.29, 1.82) is 5.26 Å². The van der Waals surface area contributed by atoms with Crippen LogP contribution in [0.4, 0.5) is 0 Å². The third-order valence-electron chi connectivity index (χ3n) is 2.22. The lowest BCUT2D eigenvalue weighted by molar-refractivity contribution is 0.0173. The van der Waals surface area contributed by atoms with Gasteiger partial charge in [0.05, 0.1) is 10.6 Å². The summed E-state index contributed by atoms with van der Waals surface area (Å²) in [5.74, 6) is -0.572. The van der Waals surface area contributed by atoms with Crippen molar-refractivity contribution in [2.24, 2.45) is 5.41 Å². The third kappa shape index (κ3) is 3.47. The van der Waals surface area contributed by atoms with Crippen LogP contribution < -0.4 is 0 Å². The molecule has 0 aliphatic carbocycles. The van der Waals surface area contributed by atoms with Gasteiger partial charge in [-0.05, 0) is 12.1 Å². The first-order valence-corrected chi connectivity index (χ1v) is 5.59. The molecule has 1 aromatic rings. The van der Waals surface area contributed by atoms with Crippen molar-refractivity contribution in [2.45, 2.75) is 26.9 Å². The monoisotopic (exact) mass is 251 g/mol. The Labute approximate surface area is 106 Å². The molecule has 1 rings (SSSR count).